The molecule has 0 fully saturated rings. The molecule has 0 amide bonds. The lowest BCUT2D eigenvalue weighted by Crippen LogP contribution is -2.34. The molecule has 6 nitrogen and oxygen atoms in total. The second-order valence-corrected chi connectivity index (χ2v) is 2.04. The van der Waals surface area contributed by atoms with Crippen molar-refractivity contribution in [3.8, 4) is 0 Å². The van der Waals surface area contributed by atoms with E-state index in [4.69, 9.17) is 10.2 Å². The summed E-state index contributed by atoms with van der Waals surface area (Å²) in [6.07, 6.45) is -2.11. The quantitative estimate of drug-likeness (QED) is 0.383. The van der Waals surface area contributed by atoms with E-state index in [2.05, 4.69) is 19.6 Å². The zero-order valence-corrected chi connectivity index (χ0v) is 7.10. The summed E-state index contributed by atoms with van der Waals surface area (Å²) >= 11 is 0. The third-order valence-electron chi connectivity index (χ3n) is 1.16. The van der Waals surface area contributed by atoms with Crippen LogP contribution in [0.5, 0.6) is 0 Å². The van der Waals surface area contributed by atoms with Crippen molar-refractivity contribution < 1.29 is 29.8 Å². The maximum absolute atomic E-state index is 9.08. The molecule has 0 aromatic rings. The van der Waals surface area contributed by atoms with E-state index in [9.17, 15) is 0 Å². The Morgan fingerprint density at radius 1 is 0.917 bits per heavy atom. The van der Waals surface area contributed by atoms with Crippen molar-refractivity contribution >= 4 is 0 Å². The molecule has 0 saturated heterocycles. The molecule has 0 heterocycles. The predicted octanol–water partition coefficient (Wildman–Crippen LogP) is -1.14. The fourth-order valence-electron chi connectivity index (χ4n) is 0.498. The highest BCUT2D eigenvalue weighted by Gasteiger charge is 2.17. The minimum atomic E-state index is -1.06. The van der Waals surface area contributed by atoms with Crippen LogP contribution in [-0.2, 0) is 19.6 Å². The molecule has 2 atom stereocenters. The Hall–Kier alpha value is -0.240. The highest BCUT2D eigenvalue weighted by atomic mass is 17.2. The van der Waals surface area contributed by atoms with Crippen LogP contribution >= 0.6 is 0 Å². The van der Waals surface area contributed by atoms with Crippen LogP contribution in [-0.4, -0.2) is 49.9 Å². The maximum atomic E-state index is 9.08. The summed E-state index contributed by atoms with van der Waals surface area (Å²) in [5.41, 5.74) is 0. The van der Waals surface area contributed by atoms with Crippen LogP contribution in [0.3, 0.4) is 0 Å². The lowest BCUT2D eigenvalue weighted by Gasteiger charge is -2.15. The largest absolute Gasteiger partial charge is 0.388 e. The number of hydrogen-bond acceptors (Lipinski definition) is 6. The van der Waals surface area contributed by atoms with Gasteiger partial charge in [-0.05, 0) is 0 Å². The summed E-state index contributed by atoms with van der Waals surface area (Å²) < 4.78 is 0. The van der Waals surface area contributed by atoms with Crippen molar-refractivity contribution in [2.75, 3.05) is 27.4 Å². The molecular formula is C6H14O6. The van der Waals surface area contributed by atoms with Crippen molar-refractivity contribution in [2.45, 2.75) is 12.2 Å². The molecule has 0 spiro atoms. The van der Waals surface area contributed by atoms with Gasteiger partial charge in [0, 0.05) is 0 Å². The molecule has 6 heteroatoms. The van der Waals surface area contributed by atoms with Gasteiger partial charge in [0.2, 0.25) is 0 Å². The van der Waals surface area contributed by atoms with Crippen LogP contribution in [0.2, 0.25) is 0 Å². The minimum Gasteiger partial charge on any atom is -0.388 e. The normalized spacial score (nSPS) is 16.0. The van der Waals surface area contributed by atoms with E-state index in [1.807, 2.05) is 0 Å². The van der Waals surface area contributed by atoms with Crippen LogP contribution in [0.4, 0.5) is 0 Å². The smallest absolute Gasteiger partial charge is 0.111 e. The number of aliphatic hydroxyl groups is 2. The molecule has 12 heavy (non-hydrogen) atoms. The van der Waals surface area contributed by atoms with Gasteiger partial charge < -0.3 is 10.2 Å². The second-order valence-electron chi connectivity index (χ2n) is 2.04. The highest BCUT2D eigenvalue weighted by molar-refractivity contribution is 4.63. The Kier molecular flexibility index (Phi) is 7.26. The molecule has 2 unspecified atom stereocenters. The van der Waals surface area contributed by atoms with Gasteiger partial charge in [-0.3, -0.25) is 0 Å². The van der Waals surface area contributed by atoms with E-state index < -0.39 is 12.2 Å². The van der Waals surface area contributed by atoms with E-state index in [-0.39, 0.29) is 13.2 Å². The van der Waals surface area contributed by atoms with Crippen molar-refractivity contribution in [3.05, 3.63) is 0 Å². The first-order valence-corrected chi connectivity index (χ1v) is 3.39. The predicted molar refractivity (Wildman–Crippen MR) is 37.9 cm³/mol. The van der Waals surface area contributed by atoms with Crippen LogP contribution in [0.15, 0.2) is 0 Å². The van der Waals surface area contributed by atoms with Crippen molar-refractivity contribution in [1.82, 2.24) is 0 Å². The summed E-state index contributed by atoms with van der Waals surface area (Å²) in [4.78, 5) is 17.2. The minimum absolute atomic E-state index is 0.120. The van der Waals surface area contributed by atoms with Gasteiger partial charge >= 0.3 is 0 Å². The van der Waals surface area contributed by atoms with Gasteiger partial charge in [-0.2, -0.15) is 0 Å². The van der Waals surface area contributed by atoms with E-state index >= 15 is 0 Å². The first-order chi connectivity index (χ1) is 5.72. The Balaban J connectivity index is 3.39. The fourth-order valence-corrected chi connectivity index (χ4v) is 0.498. The zero-order chi connectivity index (χ0) is 9.40. The Morgan fingerprint density at radius 3 is 1.50 bits per heavy atom. The van der Waals surface area contributed by atoms with E-state index in [0.717, 1.165) is 0 Å². The molecule has 0 saturated carbocycles. The maximum Gasteiger partial charge on any atom is 0.111 e. The van der Waals surface area contributed by atoms with Crippen molar-refractivity contribution in [3.63, 3.8) is 0 Å². The summed E-state index contributed by atoms with van der Waals surface area (Å²) in [5.74, 6) is 0. The van der Waals surface area contributed by atoms with Crippen molar-refractivity contribution in [2.24, 2.45) is 0 Å². The number of rotatable bonds is 7. The molecule has 74 valence electrons. The number of hydrogen-bond donors (Lipinski definition) is 2. The highest BCUT2D eigenvalue weighted by Crippen LogP contribution is 1.95. The molecule has 0 bridgehead atoms. The van der Waals surface area contributed by atoms with Crippen LogP contribution in [0, 0.1) is 0 Å². The average molecular weight is 182 g/mol. The lowest BCUT2D eigenvalue weighted by molar-refractivity contribution is -0.307. The van der Waals surface area contributed by atoms with Gasteiger partial charge in [0.15, 0.2) is 0 Å². The number of aliphatic hydroxyl groups excluding tert-OH is 2. The van der Waals surface area contributed by atoms with Crippen molar-refractivity contribution in [1.29, 1.82) is 0 Å². The summed E-state index contributed by atoms with van der Waals surface area (Å²) in [5, 5.41) is 18.2. The van der Waals surface area contributed by atoms with Gasteiger partial charge in [-0.15, -0.1) is 0 Å². The summed E-state index contributed by atoms with van der Waals surface area (Å²) in [6, 6.07) is 0. The average Bonchev–Trinajstić information content (AvgIpc) is 2.10. The zero-order valence-electron chi connectivity index (χ0n) is 7.10. The van der Waals surface area contributed by atoms with Gasteiger partial charge in [-0.25, -0.2) is 19.6 Å². The SMILES string of the molecule is COOCC(O)C(O)COOC. The van der Waals surface area contributed by atoms with E-state index in [1.54, 1.807) is 0 Å². The Morgan fingerprint density at radius 2 is 1.25 bits per heavy atom. The molecule has 0 rings (SSSR count). The summed E-state index contributed by atoms with van der Waals surface area (Å²) in [7, 11) is 2.62. The Labute approximate surface area is 70.5 Å². The van der Waals surface area contributed by atoms with Gasteiger partial charge in [0.25, 0.3) is 0 Å². The third kappa shape index (κ3) is 5.42. The second kappa shape index (κ2) is 7.41. The van der Waals surface area contributed by atoms with E-state index in [0.29, 0.717) is 0 Å². The molecule has 0 aliphatic heterocycles. The van der Waals surface area contributed by atoms with Crippen LogP contribution in [0.1, 0.15) is 0 Å². The first-order valence-electron chi connectivity index (χ1n) is 3.39. The molecule has 2 N–H and O–H groups in total. The topological polar surface area (TPSA) is 77.4 Å². The molecule has 0 aliphatic rings. The molecule has 0 aromatic carbocycles. The van der Waals surface area contributed by atoms with Gasteiger partial charge in [-0.1, -0.05) is 0 Å². The standard InChI is InChI=1S/C6H14O6/c1-9-11-3-5(7)6(8)4-12-10-2/h5-8H,3-4H2,1-2H3. The van der Waals surface area contributed by atoms with Gasteiger partial charge in [0.1, 0.15) is 25.4 Å². The molecule has 0 radical (unpaired) electrons. The van der Waals surface area contributed by atoms with Crippen LogP contribution in [0.25, 0.3) is 0 Å². The fraction of sp³-hybridized carbons (Fsp3) is 1.00. The van der Waals surface area contributed by atoms with E-state index in [1.165, 1.54) is 14.2 Å². The third-order valence-corrected chi connectivity index (χ3v) is 1.16. The molecule has 0 aliphatic carbocycles. The lowest BCUT2D eigenvalue weighted by atomic mass is 10.2. The van der Waals surface area contributed by atoms with Crippen LogP contribution < -0.4 is 0 Å². The molecular weight excluding hydrogens is 168 g/mol. The first kappa shape index (κ1) is 11.8. The summed E-state index contributed by atoms with van der Waals surface area (Å²) in [6.45, 7) is -0.241. The van der Waals surface area contributed by atoms with Gasteiger partial charge in [0.05, 0.1) is 14.2 Å². The molecule has 0 aromatic heterocycles. The monoisotopic (exact) mass is 182 g/mol. The Bertz CT molecular complexity index is 86.0.